The number of likely N-dealkylation sites (tertiary alicyclic amines) is 1. The second-order valence-electron chi connectivity index (χ2n) is 6.40. The van der Waals surface area contributed by atoms with Crippen LogP contribution in [0.1, 0.15) is 31.4 Å². The number of carbonyl (C=O) groups excluding carboxylic acids is 2. The van der Waals surface area contributed by atoms with Crippen LogP contribution in [0, 0.1) is 5.92 Å². The predicted octanol–water partition coefficient (Wildman–Crippen LogP) is 1.84. The quantitative estimate of drug-likeness (QED) is 0.888. The highest BCUT2D eigenvalue weighted by Gasteiger charge is 2.26. The number of urea groups is 1. The van der Waals surface area contributed by atoms with E-state index < -0.39 is 0 Å². The molecule has 2 heterocycles. The summed E-state index contributed by atoms with van der Waals surface area (Å²) in [5.74, 6) is -0.386. The molecule has 132 valence electrons. The van der Waals surface area contributed by atoms with Crippen LogP contribution < -0.4 is 11.1 Å². The molecule has 0 bridgehead atoms. The molecule has 0 saturated carbocycles. The van der Waals surface area contributed by atoms with E-state index in [2.05, 4.69) is 10.3 Å². The number of nitrogens with zero attached hydrogens (tertiary/aromatic N) is 3. The van der Waals surface area contributed by atoms with Crippen LogP contribution in [0.25, 0.3) is 5.69 Å². The number of amides is 3. The Morgan fingerprint density at radius 1 is 1.24 bits per heavy atom. The van der Waals surface area contributed by atoms with Crippen molar-refractivity contribution < 1.29 is 9.59 Å². The summed E-state index contributed by atoms with van der Waals surface area (Å²) in [7, 11) is 0. The zero-order valence-corrected chi connectivity index (χ0v) is 14.3. The first kappa shape index (κ1) is 17.0. The van der Waals surface area contributed by atoms with Crippen molar-refractivity contribution in [2.24, 2.45) is 11.7 Å². The average molecular weight is 341 g/mol. The number of benzene rings is 1. The number of hydrogen-bond acceptors (Lipinski definition) is 3. The van der Waals surface area contributed by atoms with Crippen LogP contribution in [0.3, 0.4) is 0 Å². The largest absolute Gasteiger partial charge is 0.369 e. The minimum Gasteiger partial charge on any atom is -0.369 e. The van der Waals surface area contributed by atoms with Gasteiger partial charge in [-0.05, 0) is 37.5 Å². The molecule has 2 aromatic rings. The average Bonchev–Trinajstić information content (AvgIpc) is 3.16. The Hall–Kier alpha value is -2.83. The third-order valence-electron chi connectivity index (χ3n) is 4.72. The van der Waals surface area contributed by atoms with Gasteiger partial charge in [0, 0.05) is 37.1 Å². The molecule has 3 amide bonds. The van der Waals surface area contributed by atoms with Crippen molar-refractivity contribution in [2.75, 3.05) is 13.1 Å². The zero-order valence-electron chi connectivity index (χ0n) is 14.3. The van der Waals surface area contributed by atoms with E-state index in [1.54, 1.807) is 17.4 Å². The predicted molar refractivity (Wildman–Crippen MR) is 94.0 cm³/mol. The molecule has 0 radical (unpaired) electrons. The molecule has 7 heteroatoms. The molecule has 1 aromatic carbocycles. The first-order valence-electron chi connectivity index (χ1n) is 8.47. The van der Waals surface area contributed by atoms with E-state index in [0.29, 0.717) is 25.9 Å². The normalized spacial score (nSPS) is 16.4. The van der Waals surface area contributed by atoms with Gasteiger partial charge in [0.25, 0.3) is 0 Å². The van der Waals surface area contributed by atoms with Crippen molar-refractivity contribution >= 4 is 11.9 Å². The molecule has 0 aliphatic carbocycles. The van der Waals surface area contributed by atoms with Gasteiger partial charge in [0.05, 0.1) is 12.4 Å². The Balaban J connectivity index is 1.56. The highest BCUT2D eigenvalue weighted by Crippen LogP contribution is 2.19. The monoisotopic (exact) mass is 341 g/mol. The first-order chi connectivity index (χ1) is 12.0. The minimum absolute atomic E-state index is 0.0989. The van der Waals surface area contributed by atoms with Crippen molar-refractivity contribution in [1.29, 1.82) is 0 Å². The summed E-state index contributed by atoms with van der Waals surface area (Å²) in [6, 6.07) is 7.79. The Labute approximate surface area is 146 Å². The maximum Gasteiger partial charge on any atom is 0.317 e. The molecule has 1 unspecified atom stereocenters. The Bertz CT molecular complexity index is 718. The zero-order chi connectivity index (χ0) is 17.8. The van der Waals surface area contributed by atoms with E-state index in [1.165, 1.54) is 0 Å². The molecule has 1 aliphatic rings. The smallest absolute Gasteiger partial charge is 0.317 e. The van der Waals surface area contributed by atoms with Crippen LogP contribution in [0.4, 0.5) is 4.79 Å². The van der Waals surface area contributed by atoms with Crippen LogP contribution in [-0.2, 0) is 4.79 Å². The van der Waals surface area contributed by atoms with Crippen LogP contribution in [0.15, 0.2) is 43.0 Å². The maximum absolute atomic E-state index is 12.4. The number of primary amides is 1. The Morgan fingerprint density at radius 2 is 1.92 bits per heavy atom. The lowest BCUT2D eigenvalue weighted by Gasteiger charge is -2.31. The van der Waals surface area contributed by atoms with E-state index in [4.69, 9.17) is 5.73 Å². The third kappa shape index (κ3) is 3.99. The number of aromatic nitrogens is 2. The van der Waals surface area contributed by atoms with Gasteiger partial charge in [-0.2, -0.15) is 0 Å². The summed E-state index contributed by atoms with van der Waals surface area (Å²) >= 11 is 0. The molecule has 7 nitrogen and oxygen atoms in total. The van der Waals surface area contributed by atoms with Crippen molar-refractivity contribution in [3.8, 4) is 5.69 Å². The lowest BCUT2D eigenvalue weighted by atomic mass is 9.96. The molecule has 1 atom stereocenters. The fourth-order valence-corrected chi connectivity index (χ4v) is 3.07. The van der Waals surface area contributed by atoms with Crippen molar-refractivity contribution in [3.05, 3.63) is 48.5 Å². The molecule has 25 heavy (non-hydrogen) atoms. The van der Waals surface area contributed by atoms with Gasteiger partial charge in [0.2, 0.25) is 5.91 Å². The minimum atomic E-state index is -0.272. The molecule has 0 spiro atoms. The number of carbonyl (C=O) groups is 2. The van der Waals surface area contributed by atoms with Gasteiger partial charge in [-0.1, -0.05) is 12.1 Å². The molecule has 3 rings (SSSR count). The number of imidazole rings is 1. The van der Waals surface area contributed by atoms with Crippen LogP contribution >= 0.6 is 0 Å². The fourth-order valence-electron chi connectivity index (χ4n) is 3.07. The molecule has 1 aromatic heterocycles. The van der Waals surface area contributed by atoms with Gasteiger partial charge in [-0.3, -0.25) is 4.79 Å². The van der Waals surface area contributed by atoms with E-state index in [1.807, 2.05) is 42.0 Å². The topological polar surface area (TPSA) is 93.3 Å². The van der Waals surface area contributed by atoms with Gasteiger partial charge < -0.3 is 20.5 Å². The molecule has 3 N–H and O–H groups in total. The van der Waals surface area contributed by atoms with Crippen molar-refractivity contribution in [2.45, 2.75) is 25.8 Å². The second kappa shape index (κ2) is 7.38. The summed E-state index contributed by atoms with van der Waals surface area (Å²) in [4.78, 5) is 29.4. The fraction of sp³-hybridized carbons (Fsp3) is 0.389. The van der Waals surface area contributed by atoms with Gasteiger partial charge in [0.15, 0.2) is 0 Å². The summed E-state index contributed by atoms with van der Waals surface area (Å²) in [6.45, 7) is 3.08. The first-order valence-corrected chi connectivity index (χ1v) is 8.47. The standard InChI is InChI=1S/C18H23N5O2/c1-13(14-2-4-16(5-3-14)23-11-8-20-12-23)21-18(25)22-9-6-15(7-10-22)17(19)24/h2-5,8,11-13,15H,6-7,9-10H2,1H3,(H2,19,24)(H,21,25). The molecule has 1 fully saturated rings. The van der Waals surface area contributed by atoms with Gasteiger partial charge >= 0.3 is 6.03 Å². The number of nitrogens with two attached hydrogens (primary N) is 1. The lowest BCUT2D eigenvalue weighted by Crippen LogP contribution is -2.46. The number of hydrogen-bond donors (Lipinski definition) is 2. The number of rotatable bonds is 4. The number of nitrogens with one attached hydrogen (secondary N) is 1. The lowest BCUT2D eigenvalue weighted by molar-refractivity contribution is -0.123. The van der Waals surface area contributed by atoms with E-state index >= 15 is 0 Å². The summed E-state index contributed by atoms with van der Waals surface area (Å²) in [6.07, 6.45) is 6.64. The SMILES string of the molecule is CC(NC(=O)N1CCC(C(N)=O)CC1)c1ccc(-n2ccnc2)cc1. The Morgan fingerprint density at radius 3 is 2.48 bits per heavy atom. The van der Waals surface area contributed by atoms with Crippen molar-refractivity contribution in [3.63, 3.8) is 0 Å². The second-order valence-corrected chi connectivity index (χ2v) is 6.40. The van der Waals surface area contributed by atoms with E-state index in [9.17, 15) is 9.59 Å². The number of piperidine rings is 1. The molecular formula is C18H23N5O2. The highest BCUT2D eigenvalue weighted by molar-refractivity contribution is 5.78. The van der Waals surface area contributed by atoms with Gasteiger partial charge in [-0.15, -0.1) is 0 Å². The summed E-state index contributed by atoms with van der Waals surface area (Å²) in [5.41, 5.74) is 7.38. The van der Waals surface area contributed by atoms with Crippen LogP contribution in [0.2, 0.25) is 0 Å². The molecular weight excluding hydrogens is 318 g/mol. The van der Waals surface area contributed by atoms with E-state index in [0.717, 1.165) is 11.3 Å². The summed E-state index contributed by atoms with van der Waals surface area (Å²) < 4.78 is 1.93. The molecule has 1 saturated heterocycles. The van der Waals surface area contributed by atoms with E-state index in [-0.39, 0.29) is 23.9 Å². The highest BCUT2D eigenvalue weighted by atomic mass is 16.2. The maximum atomic E-state index is 12.4. The third-order valence-corrected chi connectivity index (χ3v) is 4.72. The van der Waals surface area contributed by atoms with Crippen LogP contribution in [-0.4, -0.2) is 39.5 Å². The van der Waals surface area contributed by atoms with Gasteiger partial charge in [0.1, 0.15) is 0 Å². The summed E-state index contributed by atoms with van der Waals surface area (Å²) in [5, 5.41) is 3.02. The van der Waals surface area contributed by atoms with Crippen molar-refractivity contribution in [1.82, 2.24) is 19.8 Å². The van der Waals surface area contributed by atoms with Gasteiger partial charge in [-0.25, -0.2) is 9.78 Å². The Kier molecular flexibility index (Phi) is 5.02. The van der Waals surface area contributed by atoms with Crippen LogP contribution in [0.5, 0.6) is 0 Å². The molecule has 1 aliphatic heterocycles.